The summed E-state index contributed by atoms with van der Waals surface area (Å²) in [5.41, 5.74) is 2.44. The molecule has 0 aliphatic carbocycles. The Morgan fingerprint density at radius 3 is 2.25 bits per heavy atom. The van der Waals surface area contributed by atoms with Gasteiger partial charge in [0, 0.05) is 6.42 Å². The molecule has 2 unspecified atom stereocenters. The highest BCUT2D eigenvalue weighted by molar-refractivity contribution is 5.76. The number of nitrogens with one attached hydrogen (secondary N) is 1. The molecule has 0 saturated carbocycles. The summed E-state index contributed by atoms with van der Waals surface area (Å²) in [5.74, 6) is 0.642. The lowest BCUT2D eigenvalue weighted by Gasteiger charge is -2.15. The zero-order valence-electron chi connectivity index (χ0n) is 13.0. The van der Waals surface area contributed by atoms with Crippen molar-refractivity contribution >= 4 is 5.91 Å². The second kappa shape index (κ2) is 8.05. The average molecular weight is 277 g/mol. The van der Waals surface area contributed by atoms with Crippen LogP contribution in [0, 0.1) is 5.92 Å². The fourth-order valence-corrected chi connectivity index (χ4v) is 2.15. The van der Waals surface area contributed by atoms with Gasteiger partial charge in [-0.3, -0.25) is 4.79 Å². The van der Waals surface area contributed by atoms with Crippen LogP contribution in [-0.4, -0.2) is 17.1 Å². The summed E-state index contributed by atoms with van der Waals surface area (Å²) in [6.45, 7) is 8.10. The second-order valence-electron chi connectivity index (χ2n) is 6.02. The van der Waals surface area contributed by atoms with E-state index in [0.717, 1.165) is 12.0 Å². The number of rotatable bonds is 7. The molecular weight excluding hydrogens is 250 g/mol. The van der Waals surface area contributed by atoms with Gasteiger partial charge in [-0.2, -0.15) is 0 Å². The monoisotopic (exact) mass is 277 g/mol. The first-order valence-electron chi connectivity index (χ1n) is 7.44. The number of amides is 1. The van der Waals surface area contributed by atoms with E-state index in [1.165, 1.54) is 5.56 Å². The van der Waals surface area contributed by atoms with Gasteiger partial charge in [0.2, 0.25) is 5.91 Å². The van der Waals surface area contributed by atoms with Gasteiger partial charge in [-0.15, -0.1) is 0 Å². The first-order valence-corrected chi connectivity index (χ1v) is 7.44. The molecule has 1 rings (SSSR count). The van der Waals surface area contributed by atoms with Crippen LogP contribution in [0.15, 0.2) is 24.3 Å². The molecule has 112 valence electrons. The van der Waals surface area contributed by atoms with Crippen LogP contribution in [-0.2, 0) is 11.2 Å². The number of benzene rings is 1. The molecule has 3 nitrogen and oxygen atoms in total. The number of aliphatic hydroxyl groups is 1. The zero-order valence-corrected chi connectivity index (χ0v) is 13.0. The fraction of sp³-hybridized carbons (Fsp3) is 0.588. The van der Waals surface area contributed by atoms with E-state index in [1.54, 1.807) is 6.92 Å². The fourth-order valence-electron chi connectivity index (χ4n) is 2.15. The molecule has 1 amide bonds. The van der Waals surface area contributed by atoms with Gasteiger partial charge < -0.3 is 10.4 Å². The Labute approximate surface area is 122 Å². The Hall–Kier alpha value is -1.35. The Bertz CT molecular complexity index is 410. The summed E-state index contributed by atoms with van der Waals surface area (Å²) in [5, 5.41) is 12.1. The maximum Gasteiger partial charge on any atom is 0.220 e. The van der Waals surface area contributed by atoms with E-state index < -0.39 is 6.10 Å². The quantitative estimate of drug-likeness (QED) is 0.804. The second-order valence-corrected chi connectivity index (χ2v) is 6.02. The number of aliphatic hydroxyl groups excluding tert-OH is 1. The largest absolute Gasteiger partial charge is 0.393 e. The van der Waals surface area contributed by atoms with Gasteiger partial charge in [-0.05, 0) is 43.7 Å². The Morgan fingerprint density at radius 1 is 1.15 bits per heavy atom. The molecule has 0 aliphatic rings. The predicted octanol–water partition coefficient (Wildman–Crippen LogP) is 3.22. The van der Waals surface area contributed by atoms with E-state index >= 15 is 0 Å². The van der Waals surface area contributed by atoms with Crippen molar-refractivity contribution in [1.82, 2.24) is 5.32 Å². The lowest BCUT2D eigenvalue weighted by atomic mass is 10.00. The van der Waals surface area contributed by atoms with E-state index in [2.05, 4.69) is 43.4 Å². The van der Waals surface area contributed by atoms with Crippen LogP contribution in [0.3, 0.4) is 0 Å². The van der Waals surface area contributed by atoms with Crippen molar-refractivity contribution in [2.45, 2.75) is 59.1 Å². The molecule has 20 heavy (non-hydrogen) atoms. The smallest absolute Gasteiger partial charge is 0.220 e. The van der Waals surface area contributed by atoms with Crippen LogP contribution in [0.25, 0.3) is 0 Å². The lowest BCUT2D eigenvalue weighted by Crippen LogP contribution is -2.27. The lowest BCUT2D eigenvalue weighted by molar-refractivity contribution is -0.122. The van der Waals surface area contributed by atoms with Crippen molar-refractivity contribution in [1.29, 1.82) is 0 Å². The molecule has 0 heterocycles. The van der Waals surface area contributed by atoms with Gasteiger partial charge in [0.15, 0.2) is 0 Å². The van der Waals surface area contributed by atoms with Gasteiger partial charge in [-0.25, -0.2) is 0 Å². The topological polar surface area (TPSA) is 49.3 Å². The molecule has 0 aliphatic heterocycles. The Morgan fingerprint density at radius 2 is 1.75 bits per heavy atom. The van der Waals surface area contributed by atoms with E-state index in [4.69, 9.17) is 0 Å². The average Bonchev–Trinajstić information content (AvgIpc) is 2.36. The predicted molar refractivity (Wildman–Crippen MR) is 82.5 cm³/mol. The summed E-state index contributed by atoms with van der Waals surface area (Å²) in [7, 11) is 0. The minimum Gasteiger partial charge on any atom is -0.393 e. The number of hydrogen-bond donors (Lipinski definition) is 2. The first kappa shape index (κ1) is 16.7. The molecule has 0 bridgehead atoms. The minimum atomic E-state index is -0.425. The van der Waals surface area contributed by atoms with Crippen molar-refractivity contribution in [2.24, 2.45) is 5.92 Å². The first-order chi connectivity index (χ1) is 9.38. The van der Waals surface area contributed by atoms with Crippen LogP contribution < -0.4 is 5.32 Å². The van der Waals surface area contributed by atoms with Gasteiger partial charge in [0.25, 0.3) is 0 Å². The van der Waals surface area contributed by atoms with Crippen molar-refractivity contribution in [3.05, 3.63) is 35.4 Å². The standard InChI is InChI=1S/C17H27NO2/c1-12(2)11-15-6-8-16(9-7-15)14(4)18-17(20)10-5-13(3)19/h6-9,12-14,19H,5,10-11H2,1-4H3,(H,18,20). The van der Waals surface area contributed by atoms with Gasteiger partial charge in [0.05, 0.1) is 12.1 Å². The van der Waals surface area contributed by atoms with Crippen LogP contribution >= 0.6 is 0 Å². The molecule has 0 radical (unpaired) electrons. The highest BCUT2D eigenvalue weighted by Gasteiger charge is 2.10. The van der Waals surface area contributed by atoms with Crippen molar-refractivity contribution in [2.75, 3.05) is 0 Å². The molecule has 3 heteroatoms. The van der Waals surface area contributed by atoms with Crippen LogP contribution in [0.2, 0.25) is 0 Å². The SMILES string of the molecule is CC(C)Cc1ccc(C(C)NC(=O)CCC(C)O)cc1. The number of carbonyl (C=O) groups excluding carboxylic acids is 1. The normalized spacial score (nSPS) is 14.1. The number of hydrogen-bond acceptors (Lipinski definition) is 2. The zero-order chi connectivity index (χ0) is 15.1. The van der Waals surface area contributed by atoms with Crippen molar-refractivity contribution in [3.63, 3.8) is 0 Å². The summed E-state index contributed by atoms with van der Waals surface area (Å²) in [4.78, 5) is 11.7. The number of carbonyl (C=O) groups is 1. The molecule has 1 aromatic carbocycles. The van der Waals surface area contributed by atoms with Gasteiger partial charge in [-0.1, -0.05) is 38.1 Å². The van der Waals surface area contributed by atoms with E-state index in [9.17, 15) is 9.90 Å². The van der Waals surface area contributed by atoms with E-state index in [1.807, 2.05) is 6.92 Å². The molecule has 0 spiro atoms. The van der Waals surface area contributed by atoms with E-state index in [0.29, 0.717) is 18.8 Å². The molecule has 0 fully saturated rings. The molecule has 1 aromatic rings. The summed E-state index contributed by atoms with van der Waals surface area (Å²) in [6.07, 6.45) is 1.53. The minimum absolute atomic E-state index is 0.00426. The third-order valence-electron chi connectivity index (χ3n) is 3.29. The maximum atomic E-state index is 11.7. The van der Waals surface area contributed by atoms with Crippen molar-refractivity contribution < 1.29 is 9.90 Å². The third kappa shape index (κ3) is 6.20. The summed E-state index contributed by atoms with van der Waals surface area (Å²) < 4.78 is 0. The van der Waals surface area contributed by atoms with Crippen LogP contribution in [0.1, 0.15) is 57.7 Å². The summed E-state index contributed by atoms with van der Waals surface area (Å²) in [6, 6.07) is 8.43. The molecule has 0 saturated heterocycles. The molecule has 2 N–H and O–H groups in total. The summed E-state index contributed by atoms with van der Waals surface area (Å²) >= 11 is 0. The molecular formula is C17H27NO2. The third-order valence-corrected chi connectivity index (χ3v) is 3.29. The van der Waals surface area contributed by atoms with E-state index in [-0.39, 0.29) is 11.9 Å². The molecule has 0 aromatic heterocycles. The van der Waals surface area contributed by atoms with Gasteiger partial charge in [0.1, 0.15) is 0 Å². The highest BCUT2D eigenvalue weighted by atomic mass is 16.3. The Kier molecular flexibility index (Phi) is 6.73. The Balaban J connectivity index is 2.50. The van der Waals surface area contributed by atoms with Crippen LogP contribution in [0.5, 0.6) is 0 Å². The van der Waals surface area contributed by atoms with Gasteiger partial charge >= 0.3 is 0 Å². The molecule has 2 atom stereocenters. The highest BCUT2D eigenvalue weighted by Crippen LogP contribution is 2.15. The maximum absolute atomic E-state index is 11.7. The van der Waals surface area contributed by atoms with Crippen molar-refractivity contribution in [3.8, 4) is 0 Å². The van der Waals surface area contributed by atoms with Crippen LogP contribution in [0.4, 0.5) is 0 Å².